The van der Waals surface area contributed by atoms with Crippen molar-refractivity contribution < 1.29 is 8.42 Å². The molecule has 0 bridgehead atoms. The summed E-state index contributed by atoms with van der Waals surface area (Å²) in [6, 6.07) is 15.1. The molecule has 1 saturated heterocycles. The van der Waals surface area contributed by atoms with Gasteiger partial charge in [0.05, 0.1) is 4.90 Å². The Labute approximate surface area is 187 Å². The first-order valence-corrected chi connectivity index (χ1v) is 12.0. The molecule has 2 aromatic carbocycles. The van der Waals surface area contributed by atoms with Crippen molar-refractivity contribution in [2.45, 2.75) is 31.1 Å². The lowest BCUT2D eigenvalue weighted by Gasteiger charge is -2.28. The van der Waals surface area contributed by atoms with Gasteiger partial charge >= 0.3 is 0 Å². The van der Waals surface area contributed by atoms with E-state index in [1.54, 1.807) is 36.4 Å². The van der Waals surface area contributed by atoms with Crippen LogP contribution in [0.3, 0.4) is 0 Å². The topological polar surface area (TPSA) is 87.2 Å². The number of aryl methyl sites for hydroxylation is 1. The highest BCUT2D eigenvalue weighted by molar-refractivity contribution is 7.92. The average molecular weight is 458 g/mol. The Balaban J connectivity index is 1.47. The van der Waals surface area contributed by atoms with E-state index < -0.39 is 10.0 Å². The van der Waals surface area contributed by atoms with Crippen LogP contribution >= 0.6 is 11.6 Å². The van der Waals surface area contributed by atoms with Crippen LogP contribution in [0.4, 0.5) is 23.1 Å². The van der Waals surface area contributed by atoms with E-state index in [9.17, 15) is 8.42 Å². The van der Waals surface area contributed by atoms with Gasteiger partial charge in [-0.3, -0.25) is 4.72 Å². The van der Waals surface area contributed by atoms with Crippen LogP contribution in [0.5, 0.6) is 0 Å². The molecule has 2 heterocycles. The van der Waals surface area contributed by atoms with Crippen molar-refractivity contribution in [1.29, 1.82) is 0 Å². The van der Waals surface area contributed by atoms with Crippen molar-refractivity contribution in [3.8, 4) is 0 Å². The molecule has 4 rings (SSSR count). The van der Waals surface area contributed by atoms with E-state index in [1.165, 1.54) is 31.4 Å². The minimum Gasteiger partial charge on any atom is -0.356 e. The summed E-state index contributed by atoms with van der Waals surface area (Å²) in [5.41, 5.74) is 2.11. The molecule has 0 atom stereocenters. The number of sulfonamides is 1. The molecule has 0 unspecified atom stereocenters. The second-order valence-electron chi connectivity index (χ2n) is 7.50. The van der Waals surface area contributed by atoms with Crippen molar-refractivity contribution in [3.63, 3.8) is 0 Å². The first kappa shape index (κ1) is 21.4. The molecule has 162 valence electrons. The molecular formula is C22H24ClN5O2S. The zero-order valence-electron chi connectivity index (χ0n) is 17.2. The third-order valence-electron chi connectivity index (χ3n) is 5.02. The van der Waals surface area contributed by atoms with E-state index in [2.05, 4.69) is 24.9 Å². The lowest BCUT2D eigenvalue weighted by atomic mass is 10.1. The Hall–Kier alpha value is -2.84. The summed E-state index contributed by atoms with van der Waals surface area (Å²) in [6.45, 7) is 3.97. The van der Waals surface area contributed by atoms with Gasteiger partial charge in [-0.1, -0.05) is 17.7 Å². The number of hydrogen-bond donors (Lipinski definition) is 2. The lowest BCUT2D eigenvalue weighted by molar-refractivity contribution is 0.573. The van der Waals surface area contributed by atoms with Crippen molar-refractivity contribution in [2.75, 3.05) is 28.0 Å². The second kappa shape index (κ2) is 9.11. The number of rotatable bonds is 6. The summed E-state index contributed by atoms with van der Waals surface area (Å²) in [4.78, 5) is 11.5. The predicted octanol–water partition coefficient (Wildman–Crippen LogP) is 4.97. The highest BCUT2D eigenvalue weighted by atomic mass is 35.5. The highest BCUT2D eigenvalue weighted by Gasteiger charge is 2.15. The van der Waals surface area contributed by atoms with Crippen LogP contribution < -0.4 is 14.9 Å². The van der Waals surface area contributed by atoms with Gasteiger partial charge in [-0.25, -0.2) is 13.4 Å². The Bertz CT molecular complexity index is 1160. The Morgan fingerprint density at radius 3 is 2.35 bits per heavy atom. The van der Waals surface area contributed by atoms with Crippen LogP contribution in [0, 0.1) is 6.92 Å². The summed E-state index contributed by atoms with van der Waals surface area (Å²) in [6.07, 6.45) is 3.62. The Morgan fingerprint density at radius 2 is 1.65 bits per heavy atom. The summed E-state index contributed by atoms with van der Waals surface area (Å²) in [5, 5.41) is 3.58. The summed E-state index contributed by atoms with van der Waals surface area (Å²) < 4.78 is 27.7. The highest BCUT2D eigenvalue weighted by Crippen LogP contribution is 2.24. The van der Waals surface area contributed by atoms with Crippen LogP contribution in [-0.4, -0.2) is 31.5 Å². The number of benzene rings is 2. The number of aromatic nitrogens is 2. The number of anilines is 4. The first-order valence-electron chi connectivity index (χ1n) is 10.2. The SMILES string of the molecule is Cc1cc(N2CCCCC2)nc(Nc2ccc(NS(=O)(=O)c3cccc(Cl)c3)cc2)n1. The van der Waals surface area contributed by atoms with E-state index in [4.69, 9.17) is 11.6 Å². The summed E-state index contributed by atoms with van der Waals surface area (Å²) in [5.74, 6) is 1.45. The number of halogens is 1. The number of nitrogens with one attached hydrogen (secondary N) is 2. The third kappa shape index (κ3) is 5.45. The van der Waals surface area contributed by atoms with E-state index in [1.807, 2.05) is 13.0 Å². The molecule has 9 heteroatoms. The van der Waals surface area contributed by atoms with Gasteiger partial charge in [0.2, 0.25) is 5.95 Å². The molecule has 1 aliphatic heterocycles. The fourth-order valence-electron chi connectivity index (χ4n) is 3.49. The fraction of sp³-hybridized carbons (Fsp3) is 0.273. The van der Waals surface area contributed by atoms with Gasteiger partial charge in [-0.15, -0.1) is 0 Å². The molecule has 0 spiro atoms. The van der Waals surface area contributed by atoms with E-state index in [0.29, 0.717) is 16.7 Å². The number of piperidine rings is 1. The zero-order chi connectivity index (χ0) is 21.8. The maximum absolute atomic E-state index is 12.5. The largest absolute Gasteiger partial charge is 0.356 e. The molecule has 31 heavy (non-hydrogen) atoms. The van der Waals surface area contributed by atoms with Gasteiger partial charge in [0.1, 0.15) is 5.82 Å². The average Bonchev–Trinajstić information content (AvgIpc) is 2.75. The molecular weight excluding hydrogens is 434 g/mol. The zero-order valence-corrected chi connectivity index (χ0v) is 18.7. The summed E-state index contributed by atoms with van der Waals surface area (Å²) in [7, 11) is -3.72. The van der Waals surface area contributed by atoms with Crippen LogP contribution in [-0.2, 0) is 10.0 Å². The second-order valence-corrected chi connectivity index (χ2v) is 9.62. The maximum atomic E-state index is 12.5. The van der Waals surface area contributed by atoms with Gasteiger partial charge < -0.3 is 10.2 Å². The smallest absolute Gasteiger partial charge is 0.261 e. The molecule has 0 radical (unpaired) electrons. The third-order valence-corrected chi connectivity index (χ3v) is 6.63. The molecule has 7 nitrogen and oxygen atoms in total. The fourth-order valence-corrected chi connectivity index (χ4v) is 4.85. The molecule has 0 aliphatic carbocycles. The molecule has 1 fully saturated rings. The minimum absolute atomic E-state index is 0.112. The quantitative estimate of drug-likeness (QED) is 0.543. The molecule has 2 N–H and O–H groups in total. The van der Waals surface area contributed by atoms with Crippen LogP contribution in [0.15, 0.2) is 59.5 Å². The Morgan fingerprint density at radius 1 is 0.935 bits per heavy atom. The van der Waals surface area contributed by atoms with Crippen LogP contribution in [0.25, 0.3) is 0 Å². The predicted molar refractivity (Wildman–Crippen MR) is 125 cm³/mol. The van der Waals surface area contributed by atoms with E-state index >= 15 is 0 Å². The molecule has 1 aliphatic rings. The van der Waals surface area contributed by atoms with E-state index in [-0.39, 0.29) is 4.90 Å². The van der Waals surface area contributed by atoms with Crippen LogP contribution in [0.1, 0.15) is 25.0 Å². The van der Waals surface area contributed by atoms with E-state index in [0.717, 1.165) is 30.3 Å². The van der Waals surface area contributed by atoms with Crippen LogP contribution in [0.2, 0.25) is 5.02 Å². The summed E-state index contributed by atoms with van der Waals surface area (Å²) >= 11 is 5.91. The first-order chi connectivity index (χ1) is 14.9. The standard InChI is InChI=1S/C22H24ClN5O2S/c1-16-14-21(28-12-3-2-4-13-28)26-22(24-16)25-18-8-10-19(11-9-18)27-31(29,30)20-7-5-6-17(23)15-20/h5-11,14-15,27H,2-4,12-13H2,1H3,(H,24,25,26). The molecule has 0 saturated carbocycles. The van der Waals surface area contributed by atoms with Gasteiger partial charge in [-0.05, 0) is 68.7 Å². The normalized spacial score (nSPS) is 14.3. The number of hydrogen-bond acceptors (Lipinski definition) is 6. The number of nitrogens with zero attached hydrogens (tertiary/aromatic N) is 3. The Kier molecular flexibility index (Phi) is 6.29. The van der Waals surface area contributed by atoms with Crippen molar-refractivity contribution >= 4 is 44.8 Å². The van der Waals surface area contributed by atoms with Gasteiger partial charge in [-0.2, -0.15) is 4.98 Å². The van der Waals surface area contributed by atoms with Gasteiger partial charge in [0, 0.05) is 41.2 Å². The maximum Gasteiger partial charge on any atom is 0.261 e. The molecule has 3 aromatic rings. The van der Waals surface area contributed by atoms with Gasteiger partial charge in [0.25, 0.3) is 10.0 Å². The van der Waals surface area contributed by atoms with Gasteiger partial charge in [0.15, 0.2) is 0 Å². The molecule has 0 amide bonds. The van der Waals surface area contributed by atoms with Crippen molar-refractivity contribution in [2.24, 2.45) is 0 Å². The molecule has 1 aromatic heterocycles. The van der Waals surface area contributed by atoms with Crippen molar-refractivity contribution in [1.82, 2.24) is 9.97 Å². The lowest BCUT2D eigenvalue weighted by Crippen LogP contribution is -2.30. The monoisotopic (exact) mass is 457 g/mol. The van der Waals surface area contributed by atoms with Crippen molar-refractivity contribution in [3.05, 3.63) is 65.3 Å². The minimum atomic E-state index is -3.72.